The van der Waals surface area contributed by atoms with Crippen LogP contribution in [-0.4, -0.2) is 44.0 Å². The molecule has 0 aliphatic heterocycles. The number of carbonyl (C=O) groups is 1. The topological polar surface area (TPSA) is 83.9 Å². The number of rotatable bonds is 7. The summed E-state index contributed by atoms with van der Waals surface area (Å²) in [6, 6.07) is 3.31. The number of hydrogen-bond acceptors (Lipinski definition) is 4. The third kappa shape index (κ3) is 3.92. The van der Waals surface area contributed by atoms with Crippen molar-refractivity contribution in [2.45, 2.75) is 18.7 Å². The molecule has 0 bridgehead atoms. The maximum absolute atomic E-state index is 13.6. The molecule has 0 aliphatic rings. The first kappa shape index (κ1) is 17.4. The molecular formula is C13H18FNO5S. The van der Waals surface area contributed by atoms with E-state index in [4.69, 9.17) is 9.84 Å². The van der Waals surface area contributed by atoms with Gasteiger partial charge in [0, 0.05) is 13.1 Å². The molecule has 21 heavy (non-hydrogen) atoms. The highest BCUT2D eigenvalue weighted by Crippen LogP contribution is 2.23. The van der Waals surface area contributed by atoms with E-state index in [1.165, 1.54) is 26.2 Å². The molecule has 1 atom stereocenters. The number of carboxylic acid groups (broad SMARTS) is 1. The van der Waals surface area contributed by atoms with E-state index in [0.717, 1.165) is 10.4 Å². The molecule has 118 valence electrons. The van der Waals surface area contributed by atoms with E-state index < -0.39 is 27.7 Å². The van der Waals surface area contributed by atoms with Gasteiger partial charge in [0.15, 0.2) is 11.6 Å². The van der Waals surface area contributed by atoms with Gasteiger partial charge in [-0.15, -0.1) is 0 Å². The molecule has 0 fully saturated rings. The van der Waals surface area contributed by atoms with Gasteiger partial charge in [0.2, 0.25) is 10.0 Å². The van der Waals surface area contributed by atoms with Gasteiger partial charge in [-0.25, -0.2) is 12.8 Å². The Morgan fingerprint density at radius 3 is 2.52 bits per heavy atom. The molecule has 8 heteroatoms. The minimum absolute atomic E-state index is 0.0593. The van der Waals surface area contributed by atoms with Crippen LogP contribution >= 0.6 is 0 Å². The molecule has 1 aromatic carbocycles. The predicted molar refractivity (Wildman–Crippen MR) is 74.2 cm³/mol. The van der Waals surface area contributed by atoms with Gasteiger partial charge in [-0.3, -0.25) is 4.79 Å². The van der Waals surface area contributed by atoms with Crippen LogP contribution in [0.1, 0.15) is 13.8 Å². The van der Waals surface area contributed by atoms with Crippen molar-refractivity contribution in [2.24, 2.45) is 5.92 Å². The third-order valence-electron chi connectivity index (χ3n) is 3.01. The van der Waals surface area contributed by atoms with E-state index in [9.17, 15) is 17.6 Å². The molecule has 6 nitrogen and oxygen atoms in total. The van der Waals surface area contributed by atoms with Crippen molar-refractivity contribution in [1.29, 1.82) is 0 Å². The molecule has 0 amide bonds. The second kappa shape index (κ2) is 6.86. The maximum Gasteiger partial charge on any atom is 0.307 e. The molecule has 0 spiro atoms. The van der Waals surface area contributed by atoms with Crippen molar-refractivity contribution < 1.29 is 27.4 Å². The number of hydrogen-bond donors (Lipinski definition) is 1. The Morgan fingerprint density at radius 2 is 2.10 bits per heavy atom. The quantitative estimate of drug-likeness (QED) is 0.824. The number of nitrogens with zero attached hydrogens (tertiary/aromatic N) is 1. The van der Waals surface area contributed by atoms with Gasteiger partial charge in [-0.1, -0.05) is 13.8 Å². The van der Waals surface area contributed by atoms with Crippen LogP contribution in [0.3, 0.4) is 0 Å². The number of halogens is 1. The molecule has 1 unspecified atom stereocenters. The number of carboxylic acids is 1. The first-order valence-electron chi connectivity index (χ1n) is 6.30. The number of sulfonamides is 1. The molecular weight excluding hydrogens is 301 g/mol. The Labute approximate surface area is 123 Å². The number of ether oxygens (including phenoxy) is 1. The standard InChI is InChI=1S/C13H18FNO5S/c1-4-15(8-9(2)13(16)17)21(18,19)10-5-6-12(20-3)11(14)7-10/h5-7,9H,4,8H2,1-3H3,(H,16,17). The Bertz CT molecular complexity index is 617. The lowest BCUT2D eigenvalue weighted by Crippen LogP contribution is -2.36. The van der Waals surface area contributed by atoms with Gasteiger partial charge in [-0.05, 0) is 18.2 Å². The highest BCUT2D eigenvalue weighted by Gasteiger charge is 2.27. The van der Waals surface area contributed by atoms with Crippen LogP contribution in [0, 0.1) is 11.7 Å². The first-order valence-corrected chi connectivity index (χ1v) is 7.74. The van der Waals surface area contributed by atoms with Gasteiger partial charge < -0.3 is 9.84 Å². The Balaban J connectivity index is 3.12. The fourth-order valence-corrected chi connectivity index (χ4v) is 3.29. The summed E-state index contributed by atoms with van der Waals surface area (Å²) >= 11 is 0. The second-order valence-electron chi connectivity index (χ2n) is 4.49. The summed E-state index contributed by atoms with van der Waals surface area (Å²) in [5.41, 5.74) is 0. The summed E-state index contributed by atoms with van der Waals surface area (Å²) in [6.45, 7) is 2.91. The molecule has 1 aromatic rings. The average molecular weight is 319 g/mol. The molecule has 0 aromatic heterocycles. The average Bonchev–Trinajstić information content (AvgIpc) is 2.43. The summed E-state index contributed by atoms with van der Waals surface area (Å²) < 4.78 is 44.2. The monoisotopic (exact) mass is 319 g/mol. The highest BCUT2D eigenvalue weighted by atomic mass is 32.2. The zero-order valence-corrected chi connectivity index (χ0v) is 12.9. The molecule has 1 rings (SSSR count). The normalized spacial score (nSPS) is 13.2. The van der Waals surface area contributed by atoms with Crippen molar-refractivity contribution in [1.82, 2.24) is 4.31 Å². The van der Waals surface area contributed by atoms with Crippen molar-refractivity contribution in [2.75, 3.05) is 20.2 Å². The molecule has 1 N–H and O–H groups in total. The SMILES string of the molecule is CCN(CC(C)C(=O)O)S(=O)(=O)c1ccc(OC)c(F)c1. The maximum atomic E-state index is 13.6. The molecule has 0 aliphatic carbocycles. The van der Waals surface area contributed by atoms with Crippen LogP contribution in [0.4, 0.5) is 4.39 Å². The second-order valence-corrected chi connectivity index (χ2v) is 6.43. The molecule has 0 heterocycles. The van der Waals surface area contributed by atoms with E-state index in [1.54, 1.807) is 6.92 Å². The van der Waals surface area contributed by atoms with Crippen molar-refractivity contribution >= 4 is 16.0 Å². The van der Waals surface area contributed by atoms with E-state index in [0.29, 0.717) is 0 Å². The van der Waals surface area contributed by atoms with Crippen LogP contribution in [0.15, 0.2) is 23.1 Å². The first-order chi connectivity index (χ1) is 9.73. The number of methoxy groups -OCH3 is 1. The van der Waals surface area contributed by atoms with Gasteiger partial charge in [0.25, 0.3) is 0 Å². The largest absolute Gasteiger partial charge is 0.494 e. The molecule has 0 saturated heterocycles. The summed E-state index contributed by atoms with van der Waals surface area (Å²) in [4.78, 5) is 10.6. The number of benzene rings is 1. The fraction of sp³-hybridized carbons (Fsp3) is 0.462. The third-order valence-corrected chi connectivity index (χ3v) is 4.95. The molecule has 0 saturated carbocycles. The van der Waals surface area contributed by atoms with Crippen LogP contribution < -0.4 is 4.74 Å². The zero-order chi connectivity index (χ0) is 16.2. The Morgan fingerprint density at radius 1 is 1.48 bits per heavy atom. The summed E-state index contributed by atoms with van der Waals surface area (Å²) in [6.07, 6.45) is 0. The van der Waals surface area contributed by atoms with Gasteiger partial charge in [0.1, 0.15) is 0 Å². The van der Waals surface area contributed by atoms with Crippen LogP contribution in [-0.2, 0) is 14.8 Å². The molecule has 0 radical (unpaired) electrons. The Hall–Kier alpha value is -1.67. The van der Waals surface area contributed by atoms with Crippen LogP contribution in [0.25, 0.3) is 0 Å². The van der Waals surface area contributed by atoms with Crippen molar-refractivity contribution in [3.05, 3.63) is 24.0 Å². The van der Waals surface area contributed by atoms with Crippen molar-refractivity contribution in [3.63, 3.8) is 0 Å². The van der Waals surface area contributed by atoms with E-state index in [-0.39, 0.29) is 23.7 Å². The zero-order valence-electron chi connectivity index (χ0n) is 12.0. The highest BCUT2D eigenvalue weighted by molar-refractivity contribution is 7.89. The predicted octanol–water partition coefficient (Wildman–Crippen LogP) is 1.57. The summed E-state index contributed by atoms with van der Waals surface area (Å²) in [7, 11) is -2.68. The lowest BCUT2D eigenvalue weighted by Gasteiger charge is -2.22. The van der Waals surface area contributed by atoms with Crippen molar-refractivity contribution in [3.8, 4) is 5.75 Å². The van der Waals surface area contributed by atoms with E-state index in [2.05, 4.69) is 0 Å². The lowest BCUT2D eigenvalue weighted by atomic mass is 10.2. The van der Waals surface area contributed by atoms with Gasteiger partial charge in [-0.2, -0.15) is 4.31 Å². The minimum Gasteiger partial charge on any atom is -0.494 e. The van der Waals surface area contributed by atoms with Gasteiger partial charge >= 0.3 is 5.97 Å². The summed E-state index contributed by atoms with van der Waals surface area (Å²) in [5, 5.41) is 8.88. The summed E-state index contributed by atoms with van der Waals surface area (Å²) in [5.74, 6) is -2.80. The smallest absolute Gasteiger partial charge is 0.307 e. The Kier molecular flexibility index (Phi) is 5.68. The fourth-order valence-electron chi connectivity index (χ4n) is 1.74. The van der Waals surface area contributed by atoms with E-state index >= 15 is 0 Å². The van der Waals surface area contributed by atoms with Crippen LogP contribution in [0.2, 0.25) is 0 Å². The lowest BCUT2D eigenvalue weighted by molar-refractivity contribution is -0.141. The number of aliphatic carboxylic acids is 1. The van der Waals surface area contributed by atoms with E-state index in [1.807, 2.05) is 0 Å². The van der Waals surface area contributed by atoms with Gasteiger partial charge in [0.05, 0.1) is 17.9 Å². The van der Waals surface area contributed by atoms with Crippen LogP contribution in [0.5, 0.6) is 5.75 Å². The minimum atomic E-state index is -3.95.